The minimum Gasteiger partial charge on any atom is -0.299 e. The first-order valence-corrected chi connectivity index (χ1v) is 7.48. The summed E-state index contributed by atoms with van der Waals surface area (Å²) in [5.41, 5.74) is 4.76. The van der Waals surface area contributed by atoms with Crippen LogP contribution in [-0.2, 0) is 0 Å². The summed E-state index contributed by atoms with van der Waals surface area (Å²) in [6, 6.07) is 7.96. The van der Waals surface area contributed by atoms with E-state index in [-0.39, 0.29) is 0 Å². The summed E-state index contributed by atoms with van der Waals surface area (Å²) < 4.78 is 3.66. The lowest BCUT2D eigenvalue weighted by Gasteiger charge is -2.08. The van der Waals surface area contributed by atoms with Crippen LogP contribution < -0.4 is 0 Å². The Labute approximate surface area is 129 Å². The second-order valence-corrected chi connectivity index (χ2v) is 5.51. The Bertz CT molecular complexity index is 890. The van der Waals surface area contributed by atoms with Gasteiger partial charge in [0.1, 0.15) is 6.33 Å². The molecule has 0 saturated carbocycles. The summed E-state index contributed by atoms with van der Waals surface area (Å²) in [6.45, 7) is 1.99. The number of rotatable bonds is 3. The van der Waals surface area contributed by atoms with E-state index in [0.29, 0.717) is 0 Å². The maximum absolute atomic E-state index is 4.46. The van der Waals surface area contributed by atoms with E-state index in [0.717, 1.165) is 27.8 Å². The van der Waals surface area contributed by atoms with Crippen molar-refractivity contribution in [3.05, 3.63) is 54.2 Å². The zero-order chi connectivity index (χ0) is 14.9. The van der Waals surface area contributed by atoms with E-state index in [4.69, 9.17) is 0 Å². The molecule has 0 atom stereocenters. The first-order valence-electron chi connectivity index (χ1n) is 6.60. The van der Waals surface area contributed by atoms with Gasteiger partial charge in [0.15, 0.2) is 5.82 Å². The first-order chi connectivity index (χ1) is 10.8. The van der Waals surface area contributed by atoms with E-state index in [2.05, 4.69) is 25.5 Å². The van der Waals surface area contributed by atoms with Gasteiger partial charge in [0.25, 0.3) is 0 Å². The van der Waals surface area contributed by atoms with Crippen LogP contribution in [0.5, 0.6) is 0 Å². The van der Waals surface area contributed by atoms with Crippen molar-refractivity contribution >= 4 is 11.3 Å². The summed E-state index contributed by atoms with van der Waals surface area (Å²) in [7, 11) is 0. The maximum Gasteiger partial charge on any atom is 0.156 e. The summed E-state index contributed by atoms with van der Waals surface area (Å²) in [6.07, 6.45) is 5.31. The van der Waals surface area contributed by atoms with Crippen LogP contribution in [0.3, 0.4) is 0 Å². The molecule has 0 aliphatic heterocycles. The van der Waals surface area contributed by atoms with Gasteiger partial charge in [-0.05, 0) is 41.6 Å². The SMILES string of the molecule is Cc1ncsc1-c1nccn1-c1ccc(-n2cnnn2)cc1. The number of imidazole rings is 1. The molecule has 3 aromatic heterocycles. The van der Waals surface area contributed by atoms with Gasteiger partial charge >= 0.3 is 0 Å². The minimum absolute atomic E-state index is 0.898. The molecule has 3 heterocycles. The summed E-state index contributed by atoms with van der Waals surface area (Å²) in [5.74, 6) is 0.898. The molecule has 108 valence electrons. The lowest BCUT2D eigenvalue weighted by molar-refractivity contribution is 0.789. The molecule has 0 radical (unpaired) electrons. The van der Waals surface area contributed by atoms with E-state index in [1.807, 2.05) is 47.5 Å². The fourth-order valence-electron chi connectivity index (χ4n) is 2.24. The predicted molar refractivity (Wildman–Crippen MR) is 82.1 cm³/mol. The van der Waals surface area contributed by atoms with Gasteiger partial charge in [-0.25, -0.2) is 14.6 Å². The van der Waals surface area contributed by atoms with Crippen molar-refractivity contribution in [3.8, 4) is 22.1 Å². The Morgan fingerprint density at radius 3 is 2.55 bits per heavy atom. The Balaban J connectivity index is 1.75. The summed E-state index contributed by atoms with van der Waals surface area (Å²) in [5, 5.41) is 11.2. The number of tetrazole rings is 1. The topological polar surface area (TPSA) is 74.3 Å². The normalized spacial score (nSPS) is 11.0. The Morgan fingerprint density at radius 2 is 1.86 bits per heavy atom. The van der Waals surface area contributed by atoms with Gasteiger partial charge in [-0.3, -0.25) is 4.57 Å². The first kappa shape index (κ1) is 12.8. The van der Waals surface area contributed by atoms with Crippen molar-refractivity contribution < 1.29 is 0 Å². The van der Waals surface area contributed by atoms with Crippen LogP contribution in [0.4, 0.5) is 0 Å². The quantitative estimate of drug-likeness (QED) is 0.580. The lowest BCUT2D eigenvalue weighted by atomic mass is 10.2. The highest BCUT2D eigenvalue weighted by molar-refractivity contribution is 7.13. The van der Waals surface area contributed by atoms with Crippen molar-refractivity contribution in [2.75, 3.05) is 0 Å². The number of aromatic nitrogens is 7. The van der Waals surface area contributed by atoms with Crippen LogP contribution in [0, 0.1) is 6.92 Å². The van der Waals surface area contributed by atoms with Crippen LogP contribution in [0.25, 0.3) is 22.1 Å². The molecule has 0 bridgehead atoms. The number of aryl methyl sites for hydroxylation is 1. The predicted octanol–water partition coefficient (Wildman–Crippen LogP) is 2.28. The number of thiazole rings is 1. The minimum atomic E-state index is 0.898. The molecule has 7 nitrogen and oxygen atoms in total. The molecule has 22 heavy (non-hydrogen) atoms. The fraction of sp³-hybridized carbons (Fsp3) is 0.0714. The van der Waals surface area contributed by atoms with Gasteiger partial charge in [0, 0.05) is 18.1 Å². The molecule has 0 saturated heterocycles. The molecular formula is C14H11N7S. The molecule has 0 aliphatic carbocycles. The summed E-state index contributed by atoms with van der Waals surface area (Å²) in [4.78, 5) is 9.84. The number of nitrogens with zero attached hydrogens (tertiary/aromatic N) is 7. The van der Waals surface area contributed by atoms with E-state index < -0.39 is 0 Å². The summed E-state index contributed by atoms with van der Waals surface area (Å²) >= 11 is 1.59. The van der Waals surface area contributed by atoms with Gasteiger partial charge in [0.2, 0.25) is 0 Å². The molecule has 1 aromatic carbocycles. The third-order valence-electron chi connectivity index (χ3n) is 3.33. The van der Waals surface area contributed by atoms with E-state index in [1.54, 1.807) is 28.5 Å². The largest absolute Gasteiger partial charge is 0.299 e. The van der Waals surface area contributed by atoms with Crippen molar-refractivity contribution in [2.45, 2.75) is 6.92 Å². The highest BCUT2D eigenvalue weighted by atomic mass is 32.1. The molecule has 8 heteroatoms. The Morgan fingerprint density at radius 1 is 1.05 bits per heavy atom. The standard InChI is InChI=1S/C14H11N7S/c1-10-13(22-9-16-10)14-15-6-7-20(14)11-2-4-12(5-3-11)21-8-17-18-19-21/h2-9H,1H3. The monoisotopic (exact) mass is 309 g/mol. The smallest absolute Gasteiger partial charge is 0.156 e. The maximum atomic E-state index is 4.46. The van der Waals surface area contributed by atoms with Crippen molar-refractivity contribution in [2.24, 2.45) is 0 Å². The van der Waals surface area contributed by atoms with Crippen molar-refractivity contribution in [1.29, 1.82) is 0 Å². The van der Waals surface area contributed by atoms with Crippen LogP contribution in [0.15, 0.2) is 48.5 Å². The molecule has 0 unspecified atom stereocenters. The molecule has 4 aromatic rings. The third-order valence-corrected chi connectivity index (χ3v) is 4.26. The average Bonchev–Trinajstić information content (AvgIpc) is 3.28. The Kier molecular flexibility index (Phi) is 3.01. The zero-order valence-electron chi connectivity index (χ0n) is 11.7. The van der Waals surface area contributed by atoms with Gasteiger partial charge in [0.05, 0.1) is 21.8 Å². The third kappa shape index (κ3) is 2.09. The molecular weight excluding hydrogens is 298 g/mol. The molecule has 4 rings (SSSR count). The second-order valence-electron chi connectivity index (χ2n) is 4.66. The van der Waals surface area contributed by atoms with Gasteiger partial charge in [-0.2, -0.15) is 0 Å². The number of benzene rings is 1. The zero-order valence-corrected chi connectivity index (χ0v) is 12.5. The lowest BCUT2D eigenvalue weighted by Crippen LogP contribution is -1.98. The number of hydrogen-bond acceptors (Lipinski definition) is 6. The highest BCUT2D eigenvalue weighted by Crippen LogP contribution is 2.27. The molecule has 0 amide bonds. The van der Waals surface area contributed by atoms with Gasteiger partial charge < -0.3 is 0 Å². The van der Waals surface area contributed by atoms with Crippen LogP contribution in [0.1, 0.15) is 5.69 Å². The fourth-order valence-corrected chi connectivity index (χ4v) is 3.04. The highest BCUT2D eigenvalue weighted by Gasteiger charge is 2.12. The molecule has 0 N–H and O–H groups in total. The molecule has 0 fully saturated rings. The molecule has 0 spiro atoms. The van der Waals surface area contributed by atoms with Gasteiger partial charge in [-0.15, -0.1) is 16.4 Å². The average molecular weight is 309 g/mol. The Hall–Kier alpha value is -2.87. The van der Waals surface area contributed by atoms with Gasteiger partial charge in [-0.1, -0.05) is 0 Å². The number of hydrogen-bond donors (Lipinski definition) is 0. The van der Waals surface area contributed by atoms with Crippen LogP contribution in [0.2, 0.25) is 0 Å². The van der Waals surface area contributed by atoms with E-state index in [1.165, 1.54) is 0 Å². The molecule has 0 aliphatic rings. The van der Waals surface area contributed by atoms with E-state index in [9.17, 15) is 0 Å². The van der Waals surface area contributed by atoms with Crippen molar-refractivity contribution in [1.82, 2.24) is 34.7 Å². The second kappa shape index (κ2) is 5.15. The van der Waals surface area contributed by atoms with E-state index >= 15 is 0 Å². The van der Waals surface area contributed by atoms with Crippen LogP contribution >= 0.6 is 11.3 Å². The van der Waals surface area contributed by atoms with Crippen LogP contribution in [-0.4, -0.2) is 34.7 Å². The van der Waals surface area contributed by atoms with Crippen molar-refractivity contribution in [3.63, 3.8) is 0 Å².